The van der Waals surface area contributed by atoms with Gasteiger partial charge in [0.25, 0.3) is 0 Å². The summed E-state index contributed by atoms with van der Waals surface area (Å²) in [5.74, 6) is 2.46. The van der Waals surface area contributed by atoms with Crippen LogP contribution in [0.2, 0.25) is 0 Å². The molecule has 1 saturated heterocycles. The summed E-state index contributed by atoms with van der Waals surface area (Å²) >= 11 is 0. The zero-order valence-corrected chi connectivity index (χ0v) is 19.0. The molecule has 3 aromatic rings. The van der Waals surface area contributed by atoms with Crippen LogP contribution in [0.5, 0.6) is 11.5 Å². The van der Waals surface area contributed by atoms with Crippen molar-refractivity contribution in [3.05, 3.63) is 90.0 Å². The lowest BCUT2D eigenvalue weighted by Crippen LogP contribution is -2.50. The zero-order valence-electron chi connectivity index (χ0n) is 18.2. The summed E-state index contributed by atoms with van der Waals surface area (Å²) in [7, 11) is 2.85. The van der Waals surface area contributed by atoms with Gasteiger partial charge in [-0.1, -0.05) is 60.7 Å². The Hall–Kier alpha value is -3.16. The topological polar surface area (TPSA) is 49.7 Å². The second kappa shape index (κ2) is 9.14. The van der Waals surface area contributed by atoms with Gasteiger partial charge in [0.1, 0.15) is 0 Å². The molecular formula is C25H26N4O2S. The lowest BCUT2D eigenvalue weighted by Gasteiger charge is -2.39. The van der Waals surface area contributed by atoms with E-state index in [1.165, 1.54) is 11.1 Å². The summed E-state index contributed by atoms with van der Waals surface area (Å²) in [5.41, 5.74) is 2.59. The molecule has 1 unspecified atom stereocenters. The molecule has 32 heavy (non-hydrogen) atoms. The molecule has 2 aliphatic rings. The highest BCUT2D eigenvalue weighted by Crippen LogP contribution is 2.34. The van der Waals surface area contributed by atoms with Crippen LogP contribution < -0.4 is 9.47 Å². The monoisotopic (exact) mass is 446 g/mol. The quantitative estimate of drug-likeness (QED) is 0.559. The summed E-state index contributed by atoms with van der Waals surface area (Å²) in [6.45, 7) is 2.56. The molecule has 0 radical (unpaired) electrons. The van der Waals surface area contributed by atoms with E-state index in [0.717, 1.165) is 36.1 Å². The van der Waals surface area contributed by atoms with Crippen LogP contribution in [0.1, 0.15) is 17.2 Å². The van der Waals surface area contributed by atoms with Gasteiger partial charge in [-0.25, -0.2) is 0 Å². The predicted molar refractivity (Wildman–Crippen MR) is 128 cm³/mol. The molecule has 0 bridgehead atoms. The molecule has 2 aliphatic heterocycles. The van der Waals surface area contributed by atoms with Crippen molar-refractivity contribution in [1.29, 1.82) is 0 Å². The minimum atomic E-state index is -0.454. The van der Waals surface area contributed by atoms with Crippen LogP contribution >= 0.6 is 0 Å². The Bertz CT molecular complexity index is 1110. The third-order valence-corrected chi connectivity index (χ3v) is 7.55. The van der Waals surface area contributed by atoms with Crippen LogP contribution in [0.3, 0.4) is 0 Å². The van der Waals surface area contributed by atoms with Crippen molar-refractivity contribution in [3.63, 3.8) is 0 Å². The number of hydrogen-bond donors (Lipinski definition) is 0. The fourth-order valence-electron chi connectivity index (χ4n) is 4.30. The zero-order chi connectivity index (χ0) is 21.9. The Morgan fingerprint density at radius 2 is 1.47 bits per heavy atom. The summed E-state index contributed by atoms with van der Waals surface area (Å²) in [4.78, 5) is 3.58. The lowest BCUT2D eigenvalue weighted by molar-refractivity contribution is 0.226. The second-order valence-corrected chi connectivity index (χ2v) is 9.28. The first-order valence-corrected chi connectivity index (χ1v) is 11.8. The number of nitrogens with zero attached hydrogens (tertiary/aromatic N) is 4. The number of amidine groups is 1. The van der Waals surface area contributed by atoms with Gasteiger partial charge in [0.05, 0.1) is 37.7 Å². The van der Waals surface area contributed by atoms with Crippen molar-refractivity contribution in [2.24, 2.45) is 9.57 Å². The maximum atomic E-state index is 5.49. The minimum Gasteiger partial charge on any atom is -0.493 e. The number of methoxy groups -OCH3 is 2. The molecular weight excluding hydrogens is 420 g/mol. The first-order chi connectivity index (χ1) is 15.8. The molecule has 0 spiro atoms. The van der Waals surface area contributed by atoms with Gasteiger partial charge in [0.15, 0.2) is 17.3 Å². The molecule has 2 heterocycles. The Kier molecular flexibility index (Phi) is 5.92. The van der Waals surface area contributed by atoms with Gasteiger partial charge in [-0.3, -0.25) is 9.21 Å². The number of hydrogen-bond acceptors (Lipinski definition) is 6. The second-order valence-electron chi connectivity index (χ2n) is 7.68. The summed E-state index contributed by atoms with van der Waals surface area (Å²) in [6.07, 6.45) is 0. The highest BCUT2D eigenvalue weighted by molar-refractivity contribution is 7.85. The van der Waals surface area contributed by atoms with Gasteiger partial charge in [-0.2, -0.15) is 0 Å². The first kappa shape index (κ1) is 20.7. The molecule has 0 N–H and O–H groups in total. The van der Waals surface area contributed by atoms with Gasteiger partial charge in [-0.15, -0.1) is 9.57 Å². The van der Waals surface area contributed by atoms with Crippen molar-refractivity contribution in [1.82, 2.24) is 9.21 Å². The Morgan fingerprint density at radius 3 is 2.09 bits per heavy atom. The van der Waals surface area contributed by atoms with Crippen LogP contribution in [0.25, 0.3) is 0 Å². The average Bonchev–Trinajstić information content (AvgIpc) is 3.28. The fraction of sp³-hybridized carbons (Fsp3) is 0.240. The largest absolute Gasteiger partial charge is 0.493 e. The van der Waals surface area contributed by atoms with Crippen LogP contribution in [0.15, 0.2) is 93.3 Å². The number of rotatable bonds is 6. The summed E-state index contributed by atoms with van der Waals surface area (Å²) in [5, 5.41) is 4.60. The van der Waals surface area contributed by atoms with Gasteiger partial charge in [0.2, 0.25) is 0 Å². The van der Waals surface area contributed by atoms with Gasteiger partial charge in [-0.05, 0) is 23.3 Å². The molecule has 1 atom stereocenters. The maximum Gasteiger partial charge on any atom is 0.161 e. The maximum absolute atomic E-state index is 5.49. The van der Waals surface area contributed by atoms with E-state index in [2.05, 4.69) is 85.5 Å². The van der Waals surface area contributed by atoms with Crippen LogP contribution in [0, 0.1) is 0 Å². The first-order valence-electron chi connectivity index (χ1n) is 10.6. The van der Waals surface area contributed by atoms with E-state index in [0.29, 0.717) is 5.75 Å². The molecule has 1 fully saturated rings. The number of fused-ring (bicyclic) bond motifs is 1. The Balaban J connectivity index is 1.39. The van der Waals surface area contributed by atoms with Crippen molar-refractivity contribution in [2.75, 3.05) is 33.9 Å². The normalized spacial score (nSPS) is 18.2. The minimum absolute atomic E-state index is 0.186. The van der Waals surface area contributed by atoms with Crippen molar-refractivity contribution in [3.8, 4) is 11.5 Å². The highest BCUT2D eigenvalue weighted by atomic mass is 32.2. The molecule has 7 heteroatoms. The fourth-order valence-corrected chi connectivity index (χ4v) is 5.85. The highest BCUT2D eigenvalue weighted by Gasteiger charge is 2.34. The Labute approximate surface area is 191 Å². The molecule has 0 amide bonds. The molecule has 3 aromatic carbocycles. The van der Waals surface area contributed by atoms with E-state index in [1.807, 2.05) is 12.1 Å². The van der Waals surface area contributed by atoms with E-state index in [9.17, 15) is 0 Å². The molecule has 0 aromatic heterocycles. The smallest absolute Gasteiger partial charge is 0.161 e. The van der Waals surface area contributed by atoms with Crippen molar-refractivity contribution >= 4 is 16.7 Å². The third-order valence-electron chi connectivity index (χ3n) is 5.83. The standard InChI is InChI=1S/C25H26N4O2S/c1-30-22-14-13-21(17-23(22)31-2)32-27-26-24-18-28(15-16-29(24)32)25(19-9-5-3-6-10-19)20-11-7-4-8-12-20/h3-14,17,25H,15-16,18H2,1-2H3. The number of ether oxygens (including phenoxy) is 2. The Morgan fingerprint density at radius 1 is 0.812 bits per heavy atom. The molecule has 6 nitrogen and oxygen atoms in total. The van der Waals surface area contributed by atoms with Crippen LogP contribution in [-0.2, 0) is 10.9 Å². The van der Waals surface area contributed by atoms with Crippen LogP contribution in [-0.4, -0.2) is 48.9 Å². The molecule has 0 saturated carbocycles. The number of benzene rings is 3. The summed E-state index contributed by atoms with van der Waals surface area (Å²) < 4.78 is 17.8. The van der Waals surface area contributed by atoms with Gasteiger partial charge < -0.3 is 9.47 Å². The molecule has 5 rings (SSSR count). The van der Waals surface area contributed by atoms with E-state index in [-0.39, 0.29) is 6.04 Å². The van der Waals surface area contributed by atoms with E-state index in [1.54, 1.807) is 14.2 Å². The SMILES string of the molecule is COc1ccc(S2=NN=C3CN(C(c4ccccc4)c4ccccc4)CCN32)cc1OC. The molecule has 0 aliphatic carbocycles. The van der Waals surface area contributed by atoms with Crippen LogP contribution in [0.4, 0.5) is 0 Å². The van der Waals surface area contributed by atoms with Crippen molar-refractivity contribution in [2.45, 2.75) is 10.9 Å². The van der Waals surface area contributed by atoms with E-state index >= 15 is 0 Å². The van der Waals surface area contributed by atoms with Crippen molar-refractivity contribution < 1.29 is 9.47 Å². The third kappa shape index (κ3) is 3.89. The number of piperazine rings is 1. The average molecular weight is 447 g/mol. The van der Waals surface area contributed by atoms with Gasteiger partial charge in [0, 0.05) is 24.1 Å². The van der Waals surface area contributed by atoms with Gasteiger partial charge >= 0.3 is 0 Å². The lowest BCUT2D eigenvalue weighted by atomic mass is 9.96. The van der Waals surface area contributed by atoms with E-state index in [4.69, 9.17) is 9.47 Å². The summed E-state index contributed by atoms with van der Waals surface area (Å²) in [6, 6.07) is 27.6. The van der Waals surface area contributed by atoms with E-state index < -0.39 is 10.9 Å². The molecule has 164 valence electrons. The predicted octanol–water partition coefficient (Wildman–Crippen LogP) is 4.51.